The van der Waals surface area contributed by atoms with Gasteiger partial charge in [0.05, 0.1) is 5.56 Å². The number of aromatic amines is 1. The van der Waals surface area contributed by atoms with Crippen molar-refractivity contribution in [1.29, 1.82) is 0 Å². The van der Waals surface area contributed by atoms with Crippen molar-refractivity contribution in [3.63, 3.8) is 0 Å². The molecule has 0 bridgehead atoms. The van der Waals surface area contributed by atoms with E-state index in [1.807, 2.05) is 6.07 Å². The summed E-state index contributed by atoms with van der Waals surface area (Å²) in [6, 6.07) is 7.23. The maximum Gasteiger partial charge on any atom is 0.335 e. The van der Waals surface area contributed by atoms with Gasteiger partial charge in [0.15, 0.2) is 0 Å². The summed E-state index contributed by atoms with van der Waals surface area (Å²) < 4.78 is 0. The summed E-state index contributed by atoms with van der Waals surface area (Å²) >= 11 is 0. The molecule has 1 heterocycles. The van der Waals surface area contributed by atoms with Crippen LogP contribution in [-0.2, 0) is 6.42 Å². The largest absolute Gasteiger partial charge is 0.478 e. The first-order valence-electron chi connectivity index (χ1n) is 5.05. The van der Waals surface area contributed by atoms with E-state index in [2.05, 4.69) is 18.0 Å². The zero-order chi connectivity index (χ0) is 10.8. The van der Waals surface area contributed by atoms with Crippen LogP contribution in [0.1, 0.15) is 29.4 Å². The average molecular weight is 203 g/mol. The molecule has 0 saturated carbocycles. The second kappa shape index (κ2) is 3.77. The van der Waals surface area contributed by atoms with Gasteiger partial charge in [0.25, 0.3) is 0 Å². The molecule has 3 nitrogen and oxygen atoms in total. The number of rotatable bonds is 3. The van der Waals surface area contributed by atoms with Crippen LogP contribution in [0.5, 0.6) is 0 Å². The van der Waals surface area contributed by atoms with Gasteiger partial charge in [-0.2, -0.15) is 0 Å². The van der Waals surface area contributed by atoms with Gasteiger partial charge < -0.3 is 10.1 Å². The van der Waals surface area contributed by atoms with E-state index in [9.17, 15) is 4.79 Å². The fourth-order valence-corrected chi connectivity index (χ4v) is 1.72. The molecule has 1 aromatic heterocycles. The number of aryl methyl sites for hydroxylation is 1. The molecule has 78 valence electrons. The minimum atomic E-state index is -0.886. The molecular weight excluding hydrogens is 190 g/mol. The predicted octanol–water partition coefficient (Wildman–Crippen LogP) is 2.82. The highest BCUT2D eigenvalue weighted by atomic mass is 16.4. The molecule has 0 aliphatic carbocycles. The Labute approximate surface area is 87.7 Å². The van der Waals surface area contributed by atoms with Gasteiger partial charge in [-0.15, -0.1) is 0 Å². The second-order valence-electron chi connectivity index (χ2n) is 3.65. The Hall–Kier alpha value is -1.77. The lowest BCUT2D eigenvalue weighted by atomic mass is 10.1. The highest BCUT2D eigenvalue weighted by Gasteiger charge is 2.05. The number of carboxylic acid groups (broad SMARTS) is 1. The Kier molecular flexibility index (Phi) is 2.46. The number of H-pyrrole nitrogens is 1. The van der Waals surface area contributed by atoms with E-state index in [0.29, 0.717) is 5.56 Å². The highest BCUT2D eigenvalue weighted by molar-refractivity contribution is 5.93. The van der Waals surface area contributed by atoms with Crippen LogP contribution in [0.25, 0.3) is 10.9 Å². The van der Waals surface area contributed by atoms with Crippen LogP contribution in [0.15, 0.2) is 24.3 Å². The molecule has 15 heavy (non-hydrogen) atoms. The standard InChI is InChI=1S/C12H13NO2/c1-2-3-10-6-8-4-5-9(12(14)15)7-11(8)13-10/h4-7,13H,2-3H2,1H3,(H,14,15). The van der Waals surface area contributed by atoms with Crippen LogP contribution in [0, 0.1) is 0 Å². The SMILES string of the molecule is CCCc1cc2ccc(C(=O)O)cc2[nH]1. The molecule has 0 atom stereocenters. The molecule has 3 heteroatoms. The number of hydrogen-bond donors (Lipinski definition) is 2. The van der Waals surface area contributed by atoms with Gasteiger partial charge in [-0.1, -0.05) is 19.4 Å². The summed E-state index contributed by atoms with van der Waals surface area (Å²) in [5.74, 6) is -0.886. The number of hydrogen-bond acceptors (Lipinski definition) is 1. The molecule has 2 N–H and O–H groups in total. The third-order valence-corrected chi connectivity index (χ3v) is 2.44. The quantitative estimate of drug-likeness (QED) is 0.805. The number of carboxylic acids is 1. The minimum absolute atomic E-state index is 0.326. The molecule has 0 fully saturated rings. The van der Waals surface area contributed by atoms with Crippen molar-refractivity contribution in [3.8, 4) is 0 Å². The fourth-order valence-electron chi connectivity index (χ4n) is 1.72. The number of carbonyl (C=O) groups is 1. The molecule has 0 radical (unpaired) electrons. The van der Waals surface area contributed by atoms with Crippen LogP contribution in [0.4, 0.5) is 0 Å². The maximum absolute atomic E-state index is 10.8. The van der Waals surface area contributed by atoms with E-state index >= 15 is 0 Å². The van der Waals surface area contributed by atoms with Crippen molar-refractivity contribution in [2.45, 2.75) is 19.8 Å². The van der Waals surface area contributed by atoms with Crippen LogP contribution in [0.2, 0.25) is 0 Å². The Bertz CT molecular complexity index is 499. The highest BCUT2D eigenvalue weighted by Crippen LogP contribution is 2.18. The lowest BCUT2D eigenvalue weighted by molar-refractivity contribution is 0.0697. The van der Waals surface area contributed by atoms with Gasteiger partial charge in [-0.25, -0.2) is 4.79 Å². The van der Waals surface area contributed by atoms with Gasteiger partial charge in [0.2, 0.25) is 0 Å². The van der Waals surface area contributed by atoms with Crippen molar-refractivity contribution in [2.24, 2.45) is 0 Å². The van der Waals surface area contributed by atoms with E-state index in [1.165, 1.54) is 0 Å². The Morgan fingerprint density at radius 3 is 2.87 bits per heavy atom. The molecule has 1 aromatic carbocycles. The van der Waals surface area contributed by atoms with Gasteiger partial charge >= 0.3 is 5.97 Å². The first kappa shape index (κ1) is 9.77. The van der Waals surface area contributed by atoms with E-state index in [4.69, 9.17) is 5.11 Å². The summed E-state index contributed by atoms with van der Waals surface area (Å²) in [5.41, 5.74) is 2.39. The molecule has 0 aliphatic rings. The Morgan fingerprint density at radius 2 is 2.20 bits per heavy atom. The summed E-state index contributed by atoms with van der Waals surface area (Å²) in [7, 11) is 0. The van der Waals surface area contributed by atoms with Crippen molar-refractivity contribution in [2.75, 3.05) is 0 Å². The fraction of sp³-hybridized carbons (Fsp3) is 0.250. The van der Waals surface area contributed by atoms with Crippen LogP contribution in [-0.4, -0.2) is 16.1 Å². The molecule has 0 unspecified atom stereocenters. The van der Waals surface area contributed by atoms with E-state index in [-0.39, 0.29) is 0 Å². The zero-order valence-electron chi connectivity index (χ0n) is 8.58. The van der Waals surface area contributed by atoms with Gasteiger partial charge in [0.1, 0.15) is 0 Å². The summed E-state index contributed by atoms with van der Waals surface area (Å²) in [6.45, 7) is 2.12. The third-order valence-electron chi connectivity index (χ3n) is 2.44. The minimum Gasteiger partial charge on any atom is -0.478 e. The summed E-state index contributed by atoms with van der Waals surface area (Å²) in [4.78, 5) is 14.0. The smallest absolute Gasteiger partial charge is 0.335 e. The first-order chi connectivity index (χ1) is 7.20. The van der Waals surface area contributed by atoms with E-state index < -0.39 is 5.97 Å². The van der Waals surface area contributed by atoms with Gasteiger partial charge in [0, 0.05) is 11.2 Å². The lowest BCUT2D eigenvalue weighted by Gasteiger charge is -1.93. The average Bonchev–Trinajstić information content (AvgIpc) is 2.59. The predicted molar refractivity (Wildman–Crippen MR) is 59.3 cm³/mol. The topological polar surface area (TPSA) is 53.1 Å². The molecular formula is C12H13NO2. The normalized spacial score (nSPS) is 10.7. The molecule has 0 saturated heterocycles. The van der Waals surface area contributed by atoms with E-state index in [1.54, 1.807) is 12.1 Å². The van der Waals surface area contributed by atoms with Crippen molar-refractivity contribution >= 4 is 16.9 Å². The van der Waals surface area contributed by atoms with Crippen LogP contribution in [0.3, 0.4) is 0 Å². The molecule has 0 aliphatic heterocycles. The molecule has 2 rings (SSSR count). The zero-order valence-corrected chi connectivity index (χ0v) is 8.58. The van der Waals surface area contributed by atoms with Crippen LogP contribution >= 0.6 is 0 Å². The van der Waals surface area contributed by atoms with Gasteiger partial charge in [-0.05, 0) is 30.0 Å². The first-order valence-corrected chi connectivity index (χ1v) is 5.05. The molecule has 0 spiro atoms. The maximum atomic E-state index is 10.8. The molecule has 0 amide bonds. The Morgan fingerprint density at radius 1 is 1.40 bits per heavy atom. The number of nitrogens with one attached hydrogen (secondary N) is 1. The van der Waals surface area contributed by atoms with Crippen molar-refractivity contribution in [1.82, 2.24) is 4.98 Å². The monoisotopic (exact) mass is 203 g/mol. The molecule has 2 aromatic rings. The van der Waals surface area contributed by atoms with Gasteiger partial charge in [-0.3, -0.25) is 0 Å². The van der Waals surface area contributed by atoms with Crippen molar-refractivity contribution < 1.29 is 9.90 Å². The van der Waals surface area contributed by atoms with Crippen molar-refractivity contribution in [3.05, 3.63) is 35.5 Å². The second-order valence-corrected chi connectivity index (χ2v) is 3.65. The number of aromatic carboxylic acids is 1. The third kappa shape index (κ3) is 1.86. The summed E-state index contributed by atoms with van der Waals surface area (Å²) in [5, 5.41) is 9.91. The number of fused-ring (bicyclic) bond motifs is 1. The Balaban J connectivity index is 2.47. The van der Waals surface area contributed by atoms with E-state index in [0.717, 1.165) is 29.4 Å². The number of aromatic nitrogens is 1. The summed E-state index contributed by atoms with van der Waals surface area (Å²) in [6.07, 6.45) is 2.08. The van der Waals surface area contributed by atoms with Crippen LogP contribution < -0.4 is 0 Å². The lowest BCUT2D eigenvalue weighted by Crippen LogP contribution is -1.94. The number of benzene rings is 1.